The highest BCUT2D eigenvalue weighted by Crippen LogP contribution is 2.32. The Morgan fingerprint density at radius 3 is 2.81 bits per heavy atom. The Labute approximate surface area is 154 Å². The van der Waals surface area contributed by atoms with Crippen LogP contribution in [0.2, 0.25) is 0 Å². The van der Waals surface area contributed by atoms with Crippen molar-refractivity contribution < 1.29 is 14.2 Å². The lowest BCUT2D eigenvalue weighted by atomic mass is 10.2. The Hall–Kier alpha value is -2.89. The predicted molar refractivity (Wildman–Crippen MR) is 103 cm³/mol. The number of benzene rings is 2. The second-order valence-electron chi connectivity index (χ2n) is 6.07. The monoisotopic (exact) mass is 355 g/mol. The third-order valence-electron chi connectivity index (χ3n) is 3.96. The zero-order valence-corrected chi connectivity index (χ0v) is 15.0. The number of rotatable bonds is 6. The molecule has 0 saturated heterocycles. The van der Waals surface area contributed by atoms with Crippen LogP contribution in [-0.2, 0) is 0 Å². The molecule has 3 rings (SSSR count). The number of nitrogens with one attached hydrogen (secondary N) is 1. The summed E-state index contributed by atoms with van der Waals surface area (Å²) >= 11 is 0. The van der Waals surface area contributed by atoms with Crippen LogP contribution < -0.4 is 25.3 Å². The normalized spacial score (nSPS) is 13.8. The lowest BCUT2D eigenvalue weighted by Gasteiger charge is -2.11. The van der Waals surface area contributed by atoms with E-state index in [2.05, 4.69) is 10.3 Å². The molecule has 26 heavy (non-hydrogen) atoms. The summed E-state index contributed by atoms with van der Waals surface area (Å²) in [5.41, 5.74) is 7.91. The predicted octanol–water partition coefficient (Wildman–Crippen LogP) is 3.35. The summed E-state index contributed by atoms with van der Waals surface area (Å²) in [6.07, 6.45) is 1.67. The molecule has 1 aliphatic heterocycles. The average molecular weight is 355 g/mol. The highest BCUT2D eigenvalue weighted by molar-refractivity contribution is 5.92. The zero-order valence-electron chi connectivity index (χ0n) is 15.0. The fourth-order valence-corrected chi connectivity index (χ4v) is 2.59. The van der Waals surface area contributed by atoms with Crippen LogP contribution in [0, 0.1) is 6.92 Å². The van der Waals surface area contributed by atoms with Gasteiger partial charge in [0.2, 0.25) is 0 Å². The minimum Gasteiger partial charge on any atom is -0.493 e. The lowest BCUT2D eigenvalue weighted by Crippen LogP contribution is -2.23. The minimum atomic E-state index is 0.371. The SMILES string of the molecule is Cc1ccccc1OCCCN=C(N)Nc1ccc2c(c1)OCCCO2. The van der Waals surface area contributed by atoms with Gasteiger partial charge < -0.3 is 25.3 Å². The molecule has 6 nitrogen and oxygen atoms in total. The highest BCUT2D eigenvalue weighted by atomic mass is 16.5. The van der Waals surface area contributed by atoms with Crippen LogP contribution in [0.4, 0.5) is 5.69 Å². The summed E-state index contributed by atoms with van der Waals surface area (Å²) in [6, 6.07) is 13.6. The Morgan fingerprint density at radius 1 is 1.15 bits per heavy atom. The van der Waals surface area contributed by atoms with Crippen molar-refractivity contribution in [1.82, 2.24) is 0 Å². The summed E-state index contributed by atoms with van der Waals surface area (Å²) in [4.78, 5) is 4.33. The number of aryl methyl sites for hydroxylation is 1. The maximum absolute atomic E-state index is 5.96. The Bertz CT molecular complexity index is 762. The Kier molecular flexibility index (Phi) is 6.19. The fourth-order valence-electron chi connectivity index (χ4n) is 2.59. The van der Waals surface area contributed by atoms with E-state index in [9.17, 15) is 0 Å². The third-order valence-corrected chi connectivity index (χ3v) is 3.96. The molecular weight excluding hydrogens is 330 g/mol. The van der Waals surface area contributed by atoms with Crippen LogP contribution in [0.1, 0.15) is 18.4 Å². The van der Waals surface area contributed by atoms with Gasteiger partial charge >= 0.3 is 0 Å². The summed E-state index contributed by atoms with van der Waals surface area (Å²) in [6.45, 7) is 4.56. The highest BCUT2D eigenvalue weighted by Gasteiger charge is 2.10. The van der Waals surface area contributed by atoms with E-state index < -0.39 is 0 Å². The minimum absolute atomic E-state index is 0.371. The standard InChI is InChI=1S/C20H25N3O3/c1-15-6-2-3-7-17(15)24-11-4-10-22-20(21)23-16-8-9-18-19(14-16)26-13-5-12-25-18/h2-3,6-9,14H,4-5,10-13H2,1H3,(H3,21,22,23). The lowest BCUT2D eigenvalue weighted by molar-refractivity contribution is 0.297. The van der Waals surface area contributed by atoms with Crippen LogP contribution in [0.25, 0.3) is 0 Å². The van der Waals surface area contributed by atoms with Crippen molar-refractivity contribution in [2.75, 3.05) is 31.7 Å². The van der Waals surface area contributed by atoms with Crippen molar-refractivity contribution in [1.29, 1.82) is 0 Å². The van der Waals surface area contributed by atoms with Gasteiger partial charge in [0.1, 0.15) is 5.75 Å². The summed E-state index contributed by atoms with van der Waals surface area (Å²) in [7, 11) is 0. The summed E-state index contributed by atoms with van der Waals surface area (Å²) in [5, 5.41) is 3.08. The van der Waals surface area contributed by atoms with E-state index in [-0.39, 0.29) is 0 Å². The molecular formula is C20H25N3O3. The smallest absolute Gasteiger partial charge is 0.193 e. The first-order chi connectivity index (χ1) is 12.7. The number of hydrogen-bond acceptors (Lipinski definition) is 4. The van der Waals surface area contributed by atoms with E-state index in [0.29, 0.717) is 32.3 Å². The van der Waals surface area contributed by atoms with Crippen molar-refractivity contribution in [2.45, 2.75) is 19.8 Å². The van der Waals surface area contributed by atoms with Gasteiger partial charge in [0, 0.05) is 31.1 Å². The maximum Gasteiger partial charge on any atom is 0.193 e. The molecule has 0 aromatic heterocycles. The van der Waals surface area contributed by atoms with E-state index in [1.807, 2.05) is 49.4 Å². The zero-order chi connectivity index (χ0) is 18.2. The Balaban J connectivity index is 1.45. The largest absolute Gasteiger partial charge is 0.493 e. The molecule has 0 atom stereocenters. The van der Waals surface area contributed by atoms with Gasteiger partial charge in [0.05, 0.1) is 19.8 Å². The molecule has 2 aromatic rings. The second-order valence-corrected chi connectivity index (χ2v) is 6.07. The van der Waals surface area contributed by atoms with Gasteiger partial charge in [0.25, 0.3) is 0 Å². The van der Waals surface area contributed by atoms with E-state index >= 15 is 0 Å². The average Bonchev–Trinajstić information content (AvgIpc) is 2.88. The molecule has 138 valence electrons. The van der Waals surface area contributed by atoms with Gasteiger partial charge in [-0.15, -0.1) is 0 Å². The first-order valence-corrected chi connectivity index (χ1v) is 8.87. The number of fused-ring (bicyclic) bond motifs is 1. The molecule has 0 aliphatic carbocycles. The molecule has 1 aliphatic rings. The van der Waals surface area contributed by atoms with Crippen LogP contribution in [-0.4, -0.2) is 32.3 Å². The molecule has 6 heteroatoms. The number of anilines is 1. The first kappa shape index (κ1) is 17.9. The molecule has 0 unspecified atom stereocenters. The van der Waals surface area contributed by atoms with Gasteiger partial charge in [-0.25, -0.2) is 0 Å². The molecule has 0 bridgehead atoms. The van der Waals surface area contributed by atoms with Crippen molar-refractivity contribution in [3.63, 3.8) is 0 Å². The Morgan fingerprint density at radius 2 is 1.96 bits per heavy atom. The molecule has 3 N–H and O–H groups in total. The number of para-hydroxylation sites is 1. The second kappa shape index (κ2) is 8.99. The number of guanidine groups is 1. The van der Waals surface area contributed by atoms with Gasteiger partial charge in [0.15, 0.2) is 17.5 Å². The van der Waals surface area contributed by atoms with Crippen LogP contribution in [0.15, 0.2) is 47.5 Å². The van der Waals surface area contributed by atoms with Crippen LogP contribution in [0.3, 0.4) is 0 Å². The van der Waals surface area contributed by atoms with E-state index in [1.54, 1.807) is 0 Å². The summed E-state index contributed by atoms with van der Waals surface area (Å²) < 4.78 is 17.0. The third kappa shape index (κ3) is 5.05. The molecule has 0 amide bonds. The van der Waals surface area contributed by atoms with Crippen molar-refractivity contribution >= 4 is 11.6 Å². The van der Waals surface area contributed by atoms with Gasteiger partial charge in [-0.1, -0.05) is 18.2 Å². The van der Waals surface area contributed by atoms with Crippen LogP contribution in [0.5, 0.6) is 17.2 Å². The topological polar surface area (TPSA) is 78.1 Å². The van der Waals surface area contributed by atoms with Crippen molar-refractivity contribution in [3.05, 3.63) is 48.0 Å². The molecule has 0 radical (unpaired) electrons. The molecule has 0 spiro atoms. The molecule has 0 fully saturated rings. The number of hydrogen-bond donors (Lipinski definition) is 2. The molecule has 2 aromatic carbocycles. The van der Waals surface area contributed by atoms with Gasteiger partial charge in [-0.2, -0.15) is 0 Å². The first-order valence-electron chi connectivity index (χ1n) is 8.87. The number of aliphatic imine (C=N–C) groups is 1. The number of nitrogens with two attached hydrogens (primary N) is 1. The number of nitrogens with zero attached hydrogens (tertiary/aromatic N) is 1. The van der Waals surface area contributed by atoms with Crippen molar-refractivity contribution in [3.8, 4) is 17.2 Å². The van der Waals surface area contributed by atoms with Crippen molar-refractivity contribution in [2.24, 2.45) is 10.7 Å². The number of ether oxygens (including phenoxy) is 3. The van der Waals surface area contributed by atoms with Crippen LogP contribution >= 0.6 is 0 Å². The quantitative estimate of drug-likeness (QED) is 0.472. The van der Waals surface area contributed by atoms with Gasteiger partial charge in [-0.05, 0) is 30.7 Å². The molecule has 1 heterocycles. The van der Waals surface area contributed by atoms with E-state index in [4.69, 9.17) is 19.9 Å². The molecule has 0 saturated carbocycles. The maximum atomic E-state index is 5.96. The van der Waals surface area contributed by atoms with Gasteiger partial charge in [-0.3, -0.25) is 4.99 Å². The van der Waals surface area contributed by atoms with E-state index in [1.165, 1.54) is 0 Å². The fraction of sp³-hybridized carbons (Fsp3) is 0.350. The van der Waals surface area contributed by atoms with E-state index in [0.717, 1.165) is 41.3 Å². The summed E-state index contributed by atoms with van der Waals surface area (Å²) in [5.74, 6) is 2.77.